The molecule has 0 aliphatic heterocycles. The lowest BCUT2D eigenvalue weighted by Gasteiger charge is -2.32. The molecular weight excluding hydrogens is 564 g/mol. The van der Waals surface area contributed by atoms with Crippen LogP contribution < -0.4 is 9.21 Å². The standard InChI is InChI=1S/C26H29BrN2O5S2/c1-2-6-24(30)28(25-8-5-18-35-25)17-4-3-7-23(26(31)32)29(36(33)34)22-15-11-20(12-16-22)19-9-13-21(27)14-10-19/h5,8-16,18,23H,2-4,6-7,17H2,1H3,(H,31,32)(H,33,34)/p-1. The zero-order valence-corrected chi connectivity index (χ0v) is 23.1. The lowest BCUT2D eigenvalue weighted by molar-refractivity contribution is -0.138. The molecule has 0 fully saturated rings. The Morgan fingerprint density at radius 1 is 1.06 bits per heavy atom. The van der Waals surface area contributed by atoms with Gasteiger partial charge in [-0.05, 0) is 78.6 Å². The van der Waals surface area contributed by atoms with Gasteiger partial charge in [0, 0.05) is 34.4 Å². The third-order valence-electron chi connectivity index (χ3n) is 5.67. The van der Waals surface area contributed by atoms with Crippen molar-refractivity contribution in [3.05, 3.63) is 70.5 Å². The van der Waals surface area contributed by atoms with E-state index in [1.165, 1.54) is 11.3 Å². The van der Waals surface area contributed by atoms with E-state index >= 15 is 0 Å². The summed E-state index contributed by atoms with van der Waals surface area (Å²) in [5, 5.41) is 12.6. The van der Waals surface area contributed by atoms with Crippen LogP contribution in [0.3, 0.4) is 0 Å². The van der Waals surface area contributed by atoms with Gasteiger partial charge in [0.25, 0.3) is 0 Å². The molecule has 10 heteroatoms. The summed E-state index contributed by atoms with van der Waals surface area (Å²) in [7, 11) is 0. The molecule has 0 aliphatic carbocycles. The van der Waals surface area contributed by atoms with Crippen molar-refractivity contribution < 1.29 is 23.5 Å². The summed E-state index contributed by atoms with van der Waals surface area (Å²) in [6, 6.07) is 17.0. The number of halogens is 1. The van der Waals surface area contributed by atoms with Gasteiger partial charge in [0.05, 0.1) is 5.00 Å². The number of benzene rings is 2. The third kappa shape index (κ3) is 7.49. The second kappa shape index (κ2) is 13.7. The highest BCUT2D eigenvalue weighted by Crippen LogP contribution is 2.28. The summed E-state index contributed by atoms with van der Waals surface area (Å²) in [5.41, 5.74) is 2.14. The number of carboxylic acid groups (broad SMARTS) is 1. The molecule has 7 nitrogen and oxygen atoms in total. The fourth-order valence-electron chi connectivity index (χ4n) is 3.89. The van der Waals surface area contributed by atoms with Crippen LogP contribution in [0, 0.1) is 0 Å². The van der Waals surface area contributed by atoms with Crippen molar-refractivity contribution in [2.45, 2.75) is 45.1 Å². The molecule has 0 radical (unpaired) electrons. The van der Waals surface area contributed by atoms with Gasteiger partial charge in [0.15, 0.2) is 0 Å². The van der Waals surface area contributed by atoms with Gasteiger partial charge in [0.1, 0.15) is 6.04 Å². The molecule has 1 heterocycles. The fourth-order valence-corrected chi connectivity index (χ4v) is 5.63. The first kappa shape index (κ1) is 28.0. The van der Waals surface area contributed by atoms with Gasteiger partial charge in [-0.2, -0.15) is 0 Å². The van der Waals surface area contributed by atoms with E-state index in [1.54, 1.807) is 29.2 Å². The number of hydrogen-bond donors (Lipinski definition) is 1. The van der Waals surface area contributed by atoms with Crippen molar-refractivity contribution >= 4 is 61.1 Å². The Balaban J connectivity index is 1.69. The second-order valence-electron chi connectivity index (χ2n) is 8.19. The van der Waals surface area contributed by atoms with E-state index < -0.39 is 23.3 Å². The number of carboxylic acids is 1. The van der Waals surface area contributed by atoms with Crippen LogP contribution in [0.15, 0.2) is 70.5 Å². The number of carbonyl (C=O) groups excluding carboxylic acids is 1. The van der Waals surface area contributed by atoms with Crippen molar-refractivity contribution in [3.63, 3.8) is 0 Å². The summed E-state index contributed by atoms with van der Waals surface area (Å²) in [6.45, 7) is 2.40. The van der Waals surface area contributed by atoms with Gasteiger partial charge in [0.2, 0.25) is 5.91 Å². The van der Waals surface area contributed by atoms with E-state index in [9.17, 15) is 23.5 Å². The van der Waals surface area contributed by atoms with Crippen LogP contribution in [0.2, 0.25) is 0 Å². The Hall–Kier alpha value is -2.53. The molecule has 0 saturated heterocycles. The van der Waals surface area contributed by atoms with Crippen LogP contribution in [0.25, 0.3) is 11.1 Å². The lowest BCUT2D eigenvalue weighted by atomic mass is 10.0. The highest BCUT2D eigenvalue weighted by Gasteiger charge is 2.27. The van der Waals surface area contributed by atoms with Crippen LogP contribution in [-0.2, 0) is 20.9 Å². The highest BCUT2D eigenvalue weighted by molar-refractivity contribution is 9.10. The quantitative estimate of drug-likeness (QED) is 0.187. The van der Waals surface area contributed by atoms with Crippen LogP contribution in [0.5, 0.6) is 0 Å². The lowest BCUT2D eigenvalue weighted by Crippen LogP contribution is -2.42. The molecule has 1 amide bonds. The Bertz CT molecular complexity index is 1150. The zero-order chi connectivity index (χ0) is 26.1. The van der Waals surface area contributed by atoms with E-state index in [2.05, 4.69) is 15.9 Å². The van der Waals surface area contributed by atoms with Crippen LogP contribution in [0.4, 0.5) is 10.7 Å². The molecule has 0 aliphatic rings. The van der Waals surface area contributed by atoms with Gasteiger partial charge in [-0.15, -0.1) is 11.3 Å². The van der Waals surface area contributed by atoms with Crippen molar-refractivity contribution in [2.24, 2.45) is 0 Å². The maximum atomic E-state index is 12.6. The fraction of sp³-hybridized carbons (Fsp3) is 0.308. The van der Waals surface area contributed by atoms with Crippen molar-refractivity contribution in [3.8, 4) is 11.1 Å². The molecule has 2 aromatic carbocycles. The second-order valence-corrected chi connectivity index (χ2v) is 10.9. The molecule has 1 N–H and O–H groups in total. The molecule has 3 aromatic rings. The number of hydrogen-bond acceptors (Lipinski definition) is 5. The van der Waals surface area contributed by atoms with Gasteiger partial charge in [-0.25, -0.2) is 4.79 Å². The largest absolute Gasteiger partial charge is 0.755 e. The van der Waals surface area contributed by atoms with Crippen LogP contribution in [0.1, 0.15) is 39.0 Å². The average Bonchev–Trinajstić information content (AvgIpc) is 3.38. The summed E-state index contributed by atoms with van der Waals surface area (Å²) < 4.78 is 26.1. The molecule has 36 heavy (non-hydrogen) atoms. The molecule has 3 rings (SSSR count). The molecule has 0 spiro atoms. The Kier molecular flexibility index (Phi) is 10.7. The number of carbonyl (C=O) groups is 2. The first-order valence-electron chi connectivity index (χ1n) is 11.6. The third-order valence-corrected chi connectivity index (χ3v) is 7.88. The Morgan fingerprint density at radius 3 is 2.22 bits per heavy atom. The van der Waals surface area contributed by atoms with Gasteiger partial charge >= 0.3 is 5.97 Å². The number of thiophene rings is 1. The number of anilines is 2. The maximum absolute atomic E-state index is 12.6. The zero-order valence-electron chi connectivity index (χ0n) is 19.8. The summed E-state index contributed by atoms with van der Waals surface area (Å²) in [6.07, 6.45) is 2.31. The number of aliphatic carboxylic acids is 1. The van der Waals surface area contributed by atoms with E-state index in [4.69, 9.17) is 0 Å². The molecule has 0 saturated carbocycles. The minimum atomic E-state index is -2.77. The number of amides is 1. The predicted molar refractivity (Wildman–Crippen MR) is 148 cm³/mol. The van der Waals surface area contributed by atoms with E-state index in [0.717, 1.165) is 31.3 Å². The van der Waals surface area contributed by atoms with E-state index in [0.29, 0.717) is 25.8 Å². The summed E-state index contributed by atoms with van der Waals surface area (Å²) in [4.78, 5) is 26.3. The molecule has 0 bridgehead atoms. The molecular formula is C26H28BrN2O5S2-. The van der Waals surface area contributed by atoms with Crippen molar-refractivity contribution in [1.29, 1.82) is 0 Å². The number of nitrogens with zero attached hydrogens (tertiary/aromatic N) is 2. The summed E-state index contributed by atoms with van der Waals surface area (Å²) in [5.74, 6) is -1.18. The predicted octanol–water partition coefficient (Wildman–Crippen LogP) is 6.23. The molecule has 2 unspecified atom stereocenters. The highest BCUT2D eigenvalue weighted by atomic mass is 79.9. The number of rotatable bonds is 13. The first-order valence-corrected chi connectivity index (χ1v) is 14.3. The van der Waals surface area contributed by atoms with Crippen LogP contribution >= 0.6 is 27.3 Å². The van der Waals surface area contributed by atoms with Gasteiger partial charge < -0.3 is 14.6 Å². The minimum Gasteiger partial charge on any atom is -0.755 e. The van der Waals surface area contributed by atoms with Gasteiger partial charge in [-0.1, -0.05) is 47.1 Å². The smallest absolute Gasteiger partial charge is 0.327 e. The molecule has 1 aromatic heterocycles. The van der Waals surface area contributed by atoms with Crippen molar-refractivity contribution in [1.82, 2.24) is 0 Å². The van der Waals surface area contributed by atoms with E-state index in [1.807, 2.05) is 48.7 Å². The van der Waals surface area contributed by atoms with Crippen LogP contribution in [-0.4, -0.2) is 38.3 Å². The van der Waals surface area contributed by atoms with Gasteiger partial charge in [-0.3, -0.25) is 13.3 Å². The number of unbranched alkanes of at least 4 members (excludes halogenated alkanes) is 1. The minimum absolute atomic E-state index is 0.0305. The van der Waals surface area contributed by atoms with E-state index in [-0.39, 0.29) is 18.0 Å². The SMILES string of the molecule is CCCC(=O)N(CCCCC(C(=O)O)N(c1ccc(-c2ccc(Br)cc2)cc1)S(=O)[O-])c1cccs1. The summed E-state index contributed by atoms with van der Waals surface area (Å²) >= 11 is 2.11. The monoisotopic (exact) mass is 591 g/mol. The normalized spacial score (nSPS) is 12.6. The molecule has 2 atom stereocenters. The van der Waals surface area contributed by atoms with Crippen molar-refractivity contribution in [2.75, 3.05) is 15.7 Å². The Morgan fingerprint density at radius 2 is 1.69 bits per heavy atom. The first-order chi connectivity index (χ1) is 17.3. The topological polar surface area (TPSA) is 101 Å². The maximum Gasteiger partial charge on any atom is 0.327 e. The molecule has 192 valence electrons. The Labute approximate surface area is 226 Å². The average molecular weight is 593 g/mol.